The third-order valence-corrected chi connectivity index (χ3v) is 8.63. The van der Waals surface area contributed by atoms with Gasteiger partial charge in [0.25, 0.3) is 10.1 Å². The number of hydrogen-bond donors (Lipinski definition) is 2. The van der Waals surface area contributed by atoms with Crippen LogP contribution in [0.3, 0.4) is 0 Å². The van der Waals surface area contributed by atoms with Crippen LogP contribution in [0.2, 0.25) is 5.02 Å². The van der Waals surface area contributed by atoms with E-state index in [-0.39, 0.29) is 126 Å². The molecule has 0 aromatic heterocycles. The summed E-state index contributed by atoms with van der Waals surface area (Å²) in [5.41, 5.74) is 6.34. The van der Waals surface area contributed by atoms with E-state index < -0.39 is 35.8 Å². The van der Waals surface area contributed by atoms with Gasteiger partial charge >= 0.3 is 59.1 Å². The predicted molar refractivity (Wildman–Crippen MR) is 167 cm³/mol. The number of anilines is 1. The van der Waals surface area contributed by atoms with Crippen LogP contribution in [0.25, 0.3) is 21.5 Å². The molecule has 5 aromatic carbocycles. The van der Waals surface area contributed by atoms with Crippen molar-refractivity contribution in [1.29, 1.82) is 0 Å². The van der Waals surface area contributed by atoms with E-state index in [0.29, 0.717) is 5.75 Å². The molecule has 0 atom stereocenters. The SMILES string of the molecule is CCOc1cc(N=Nc2cc(OC)c(N)cc2Cl)c2cc(S(=O)(=O)O)ccc2c1N=Nc1c([O-])ccc2cc(S(=O)(=O)[O-])ccc12.[Na+].[Na+]. The summed E-state index contributed by atoms with van der Waals surface area (Å²) in [6.45, 7) is 1.86. The molecule has 0 heterocycles. The fraction of sp³-hybridized carbons (Fsp3) is 0.103. The van der Waals surface area contributed by atoms with E-state index in [1.165, 1.54) is 43.5 Å². The fourth-order valence-electron chi connectivity index (χ4n) is 4.51. The molecule has 0 aliphatic rings. The third kappa shape index (κ3) is 8.46. The van der Waals surface area contributed by atoms with Crippen LogP contribution in [0, 0.1) is 0 Å². The third-order valence-electron chi connectivity index (χ3n) is 6.65. The number of methoxy groups -OCH3 is 1. The summed E-state index contributed by atoms with van der Waals surface area (Å²) in [6, 6.07) is 13.9. The molecule has 238 valence electrons. The quantitative estimate of drug-likeness (QED) is 0.0934. The summed E-state index contributed by atoms with van der Waals surface area (Å²) in [4.78, 5) is -0.931. The molecule has 0 unspecified atom stereocenters. The maximum Gasteiger partial charge on any atom is 1.00 e. The number of fused-ring (bicyclic) bond motifs is 2. The average Bonchev–Trinajstić information content (AvgIpc) is 2.99. The molecule has 0 fully saturated rings. The van der Waals surface area contributed by atoms with E-state index in [0.717, 1.165) is 30.3 Å². The monoisotopic (exact) mass is 729 g/mol. The first-order valence-corrected chi connectivity index (χ1v) is 16.3. The molecule has 19 heteroatoms. The first-order valence-electron chi connectivity index (χ1n) is 13.1. The predicted octanol–water partition coefficient (Wildman–Crippen LogP) is 0.699. The van der Waals surface area contributed by atoms with Crippen molar-refractivity contribution in [2.45, 2.75) is 16.7 Å². The Morgan fingerprint density at radius 2 is 1.42 bits per heavy atom. The smallest absolute Gasteiger partial charge is 0.871 e. The van der Waals surface area contributed by atoms with Gasteiger partial charge in [0.15, 0.2) is 0 Å². The van der Waals surface area contributed by atoms with Crippen molar-refractivity contribution < 1.29 is 99.6 Å². The van der Waals surface area contributed by atoms with Gasteiger partial charge in [-0.3, -0.25) is 4.55 Å². The van der Waals surface area contributed by atoms with Crippen LogP contribution in [0.5, 0.6) is 17.2 Å². The Bertz CT molecular complexity index is 2320. The summed E-state index contributed by atoms with van der Waals surface area (Å²) >= 11 is 6.29. The number of nitrogens with two attached hydrogens (primary N) is 1. The van der Waals surface area contributed by atoms with E-state index in [9.17, 15) is 31.0 Å². The van der Waals surface area contributed by atoms with Gasteiger partial charge in [-0.25, -0.2) is 8.42 Å². The number of nitrogens with zero attached hydrogens (tertiary/aromatic N) is 4. The largest absolute Gasteiger partial charge is 1.00 e. The van der Waals surface area contributed by atoms with Gasteiger partial charge in [0.05, 0.1) is 45.6 Å². The van der Waals surface area contributed by atoms with Gasteiger partial charge < -0.3 is 24.9 Å². The Morgan fingerprint density at radius 1 is 0.792 bits per heavy atom. The molecule has 0 radical (unpaired) electrons. The number of halogens is 1. The van der Waals surface area contributed by atoms with E-state index in [1.54, 1.807) is 6.92 Å². The summed E-state index contributed by atoms with van der Waals surface area (Å²) in [7, 11) is -7.99. The van der Waals surface area contributed by atoms with Crippen molar-refractivity contribution in [2.75, 3.05) is 19.5 Å². The summed E-state index contributed by atoms with van der Waals surface area (Å²) < 4.78 is 79.3. The number of rotatable bonds is 9. The molecule has 5 aromatic rings. The second-order valence-corrected chi connectivity index (χ2v) is 12.8. The Labute approximate surface area is 324 Å². The zero-order valence-electron chi connectivity index (χ0n) is 25.8. The number of nitrogen functional groups attached to an aromatic ring is 1. The Morgan fingerprint density at radius 3 is 2.06 bits per heavy atom. The summed E-state index contributed by atoms with van der Waals surface area (Å²) in [6.07, 6.45) is 0. The first-order chi connectivity index (χ1) is 21.7. The zero-order chi connectivity index (χ0) is 33.4. The molecule has 0 spiro atoms. The molecule has 5 rings (SSSR count). The molecule has 0 bridgehead atoms. The maximum absolute atomic E-state index is 12.8. The second kappa shape index (κ2) is 15.8. The molecule has 0 aliphatic heterocycles. The van der Waals surface area contributed by atoms with Crippen LogP contribution in [0.1, 0.15) is 6.92 Å². The minimum Gasteiger partial charge on any atom is -0.871 e. The topological polar surface area (TPSA) is 229 Å². The van der Waals surface area contributed by atoms with Crippen LogP contribution in [0.4, 0.5) is 28.4 Å². The van der Waals surface area contributed by atoms with Crippen LogP contribution in [-0.4, -0.2) is 39.7 Å². The first kappa shape index (κ1) is 39.6. The van der Waals surface area contributed by atoms with Crippen molar-refractivity contribution in [3.05, 3.63) is 71.8 Å². The minimum absolute atomic E-state index is 0. The Hall–Kier alpha value is -2.87. The molecule has 0 aliphatic carbocycles. The molecule has 48 heavy (non-hydrogen) atoms. The van der Waals surface area contributed by atoms with Crippen molar-refractivity contribution in [1.82, 2.24) is 0 Å². The van der Waals surface area contributed by atoms with Crippen LogP contribution in [0.15, 0.2) is 97.0 Å². The van der Waals surface area contributed by atoms with Gasteiger partial charge in [-0.15, -0.1) is 15.3 Å². The van der Waals surface area contributed by atoms with Crippen molar-refractivity contribution >= 4 is 81.8 Å². The van der Waals surface area contributed by atoms with E-state index >= 15 is 0 Å². The van der Waals surface area contributed by atoms with E-state index in [4.69, 9.17) is 26.8 Å². The van der Waals surface area contributed by atoms with Gasteiger partial charge in [-0.1, -0.05) is 41.6 Å². The standard InChI is InChI=1S/C29H24ClN5O9S2.2Na/c1-3-44-27-13-23(32-33-24-14-26(43-2)22(31)12-21(24)30)20-11-17(46(40,41)42)6-8-19(20)29(27)35-34-28-18-7-5-16(45(37,38)39)10-15(18)4-9-25(28)36;;/h4-14,36H,3,31H2,1-2H3,(H,37,38,39)(H,40,41,42);;/q;2*+1/p-2. The summed E-state index contributed by atoms with van der Waals surface area (Å²) in [5, 5.41) is 30.8. The molecule has 0 amide bonds. The Kier molecular flexibility index (Phi) is 13.0. The second-order valence-electron chi connectivity index (χ2n) is 9.55. The molecule has 3 N–H and O–H groups in total. The van der Waals surface area contributed by atoms with Gasteiger partial charge in [0.2, 0.25) is 0 Å². The van der Waals surface area contributed by atoms with Gasteiger partial charge in [-0.2, -0.15) is 13.5 Å². The molecular formula is C29H22ClN5Na2O9S2. The Balaban J connectivity index is 0.00000312. The van der Waals surface area contributed by atoms with Crippen molar-refractivity contribution in [3.8, 4) is 17.2 Å². The maximum atomic E-state index is 12.8. The fourth-order valence-corrected chi connectivity index (χ4v) is 5.73. The zero-order valence-corrected chi connectivity index (χ0v) is 32.2. The van der Waals surface area contributed by atoms with Crippen LogP contribution in [-0.2, 0) is 20.2 Å². The van der Waals surface area contributed by atoms with Crippen LogP contribution >= 0.6 is 11.6 Å². The number of ether oxygens (including phenoxy) is 2. The van der Waals surface area contributed by atoms with Crippen LogP contribution < -0.4 is 79.4 Å². The average molecular weight is 730 g/mol. The van der Waals surface area contributed by atoms with Gasteiger partial charge in [-0.05, 0) is 42.6 Å². The van der Waals surface area contributed by atoms with Crippen molar-refractivity contribution in [3.63, 3.8) is 0 Å². The summed E-state index contributed by atoms with van der Waals surface area (Å²) in [5.74, 6) is -0.133. The normalized spacial score (nSPS) is 11.9. The molecule has 0 saturated carbocycles. The van der Waals surface area contributed by atoms with E-state index in [1.807, 2.05) is 0 Å². The van der Waals surface area contributed by atoms with Gasteiger partial charge in [0.1, 0.15) is 33.0 Å². The van der Waals surface area contributed by atoms with Crippen molar-refractivity contribution in [2.24, 2.45) is 20.5 Å². The molecular weight excluding hydrogens is 708 g/mol. The number of hydrogen-bond acceptors (Lipinski definition) is 13. The van der Waals surface area contributed by atoms with E-state index in [2.05, 4.69) is 20.5 Å². The number of azo groups is 2. The van der Waals surface area contributed by atoms with Gasteiger partial charge in [0, 0.05) is 28.3 Å². The molecule has 0 saturated heterocycles. The molecule has 14 nitrogen and oxygen atoms in total. The minimum atomic E-state index is -4.75. The number of benzene rings is 5.